The van der Waals surface area contributed by atoms with Crippen molar-refractivity contribution in [3.8, 4) is 78.7 Å². The van der Waals surface area contributed by atoms with Gasteiger partial charge in [0.05, 0.1) is 33.8 Å². The maximum atomic E-state index is 5.26. The van der Waals surface area contributed by atoms with Gasteiger partial charge in [-0.2, -0.15) is 0 Å². The third-order valence-corrected chi connectivity index (χ3v) is 10.2. The second-order valence-corrected chi connectivity index (χ2v) is 13.7. The molecule has 0 unspecified atom stereocenters. The van der Waals surface area contributed by atoms with Gasteiger partial charge < -0.3 is 0 Å². The number of aromatic nitrogens is 5. The van der Waals surface area contributed by atoms with Gasteiger partial charge >= 0.3 is 0 Å². The van der Waals surface area contributed by atoms with Gasteiger partial charge in [0.2, 0.25) is 0 Å². The Balaban J connectivity index is 1.01. The molecule has 0 aliphatic carbocycles. The maximum absolute atomic E-state index is 5.26. The normalized spacial score (nSPS) is 11.2. The minimum absolute atomic E-state index is 0.678. The average Bonchev–Trinajstić information content (AvgIpc) is 3.29. The fourth-order valence-electron chi connectivity index (χ4n) is 7.30. The molecule has 262 valence electrons. The molecular formula is C51H33N5. The first-order valence-electron chi connectivity index (χ1n) is 18.7. The molecule has 0 saturated carbocycles. The quantitative estimate of drug-likeness (QED) is 0.154. The van der Waals surface area contributed by atoms with Crippen LogP contribution in [0.25, 0.3) is 100 Å². The molecule has 10 aromatic rings. The Labute approximate surface area is 324 Å². The summed E-state index contributed by atoms with van der Waals surface area (Å²) in [6.45, 7) is 0. The zero-order valence-electron chi connectivity index (χ0n) is 30.3. The molecule has 4 heterocycles. The minimum atomic E-state index is 0.678. The average molecular weight is 716 g/mol. The molecule has 0 bridgehead atoms. The summed E-state index contributed by atoms with van der Waals surface area (Å²) in [6.07, 6.45) is 3.58. The molecule has 5 nitrogen and oxygen atoms in total. The topological polar surface area (TPSA) is 64.5 Å². The summed E-state index contributed by atoms with van der Waals surface area (Å²) in [5.41, 5.74) is 15.0. The van der Waals surface area contributed by atoms with Crippen LogP contribution in [0.3, 0.4) is 0 Å². The molecule has 0 spiro atoms. The summed E-state index contributed by atoms with van der Waals surface area (Å²) >= 11 is 0. The summed E-state index contributed by atoms with van der Waals surface area (Å²) in [7, 11) is 0. The van der Waals surface area contributed by atoms with E-state index in [0.717, 1.165) is 94.7 Å². The van der Waals surface area contributed by atoms with E-state index in [2.05, 4.69) is 120 Å². The molecular weight excluding hydrogens is 683 g/mol. The molecule has 6 aromatic carbocycles. The fraction of sp³-hybridized carbons (Fsp3) is 0. The molecule has 0 aliphatic rings. The first kappa shape index (κ1) is 33.0. The van der Waals surface area contributed by atoms with E-state index in [1.54, 1.807) is 12.4 Å². The third kappa shape index (κ3) is 6.37. The van der Waals surface area contributed by atoms with Crippen molar-refractivity contribution in [3.63, 3.8) is 0 Å². The van der Waals surface area contributed by atoms with Crippen LogP contribution in [-0.4, -0.2) is 24.9 Å². The van der Waals surface area contributed by atoms with Crippen molar-refractivity contribution in [2.75, 3.05) is 0 Å². The lowest BCUT2D eigenvalue weighted by Crippen LogP contribution is -1.96. The van der Waals surface area contributed by atoms with Crippen molar-refractivity contribution in [3.05, 3.63) is 200 Å². The SMILES string of the molecule is c1ccc(-c2cc(-c3ccncc3)nc(-c3ccc(-c4ccc(-c5cc6ccc(-c7ccccc7)nc6c6nc(-c7ccccc7)ccc56)cc4)cc3)n2)cc1. The fourth-order valence-corrected chi connectivity index (χ4v) is 7.30. The smallest absolute Gasteiger partial charge is 0.160 e. The van der Waals surface area contributed by atoms with Crippen molar-refractivity contribution in [2.24, 2.45) is 0 Å². The largest absolute Gasteiger partial charge is 0.265 e. The predicted molar refractivity (Wildman–Crippen MR) is 228 cm³/mol. The van der Waals surface area contributed by atoms with Gasteiger partial charge in [0.25, 0.3) is 0 Å². The highest BCUT2D eigenvalue weighted by Gasteiger charge is 2.15. The first-order chi connectivity index (χ1) is 27.7. The van der Waals surface area contributed by atoms with E-state index in [1.807, 2.05) is 72.8 Å². The second kappa shape index (κ2) is 14.3. The highest BCUT2D eigenvalue weighted by atomic mass is 14.9. The van der Waals surface area contributed by atoms with Gasteiger partial charge in [-0.3, -0.25) is 4.98 Å². The maximum Gasteiger partial charge on any atom is 0.160 e. The standard InChI is InChI=1S/C51H33N5/c1-4-10-37(11-5-1)45-26-24-42-32-44(43-25-27-46(38-12-6-2-7-13-38)54-50(43)49(42)53-45)36-20-16-34(17-21-36)35-18-22-41(23-19-35)51-55-47(39-14-8-3-9-15-39)33-48(56-51)40-28-30-52-31-29-40/h1-33H. The lowest BCUT2D eigenvalue weighted by Gasteiger charge is -2.13. The third-order valence-electron chi connectivity index (χ3n) is 10.2. The molecule has 0 amide bonds. The van der Waals surface area contributed by atoms with Crippen LogP contribution in [0.15, 0.2) is 200 Å². The summed E-state index contributed by atoms with van der Waals surface area (Å²) in [5, 5.41) is 2.12. The number of hydrogen-bond acceptors (Lipinski definition) is 5. The van der Waals surface area contributed by atoms with Gasteiger partial charge in [0, 0.05) is 51.0 Å². The van der Waals surface area contributed by atoms with Crippen LogP contribution in [0.2, 0.25) is 0 Å². The monoisotopic (exact) mass is 715 g/mol. The molecule has 0 atom stereocenters. The Hall–Kier alpha value is -7.63. The Morgan fingerprint density at radius 1 is 0.286 bits per heavy atom. The van der Waals surface area contributed by atoms with Gasteiger partial charge in [-0.15, -0.1) is 0 Å². The van der Waals surface area contributed by atoms with Crippen LogP contribution in [0.1, 0.15) is 0 Å². The van der Waals surface area contributed by atoms with Crippen LogP contribution in [0.4, 0.5) is 0 Å². The molecule has 0 saturated heterocycles. The van der Waals surface area contributed by atoms with Crippen LogP contribution in [0.5, 0.6) is 0 Å². The number of nitrogens with zero attached hydrogens (tertiary/aromatic N) is 5. The van der Waals surface area contributed by atoms with Gasteiger partial charge in [0.15, 0.2) is 5.82 Å². The van der Waals surface area contributed by atoms with Gasteiger partial charge in [-0.1, -0.05) is 146 Å². The minimum Gasteiger partial charge on any atom is -0.265 e. The molecule has 56 heavy (non-hydrogen) atoms. The Morgan fingerprint density at radius 3 is 1.32 bits per heavy atom. The van der Waals surface area contributed by atoms with Crippen LogP contribution < -0.4 is 0 Å². The molecule has 0 aliphatic heterocycles. The number of pyridine rings is 3. The Kier molecular flexibility index (Phi) is 8.43. The van der Waals surface area contributed by atoms with Crippen molar-refractivity contribution < 1.29 is 0 Å². The summed E-state index contributed by atoms with van der Waals surface area (Å²) in [4.78, 5) is 24.6. The van der Waals surface area contributed by atoms with E-state index in [9.17, 15) is 0 Å². The van der Waals surface area contributed by atoms with Crippen LogP contribution >= 0.6 is 0 Å². The van der Waals surface area contributed by atoms with Gasteiger partial charge in [-0.05, 0) is 64.7 Å². The lowest BCUT2D eigenvalue weighted by atomic mass is 9.94. The van der Waals surface area contributed by atoms with Crippen molar-refractivity contribution in [2.45, 2.75) is 0 Å². The van der Waals surface area contributed by atoms with E-state index in [4.69, 9.17) is 19.9 Å². The highest BCUT2D eigenvalue weighted by Crippen LogP contribution is 2.37. The van der Waals surface area contributed by atoms with E-state index in [-0.39, 0.29) is 0 Å². The Morgan fingerprint density at radius 2 is 0.750 bits per heavy atom. The molecule has 5 heteroatoms. The van der Waals surface area contributed by atoms with Crippen molar-refractivity contribution >= 4 is 21.8 Å². The molecule has 0 radical (unpaired) electrons. The summed E-state index contributed by atoms with van der Waals surface area (Å²) in [5.74, 6) is 0.678. The second-order valence-electron chi connectivity index (χ2n) is 13.7. The van der Waals surface area contributed by atoms with E-state index in [1.165, 1.54) is 0 Å². The van der Waals surface area contributed by atoms with Crippen molar-refractivity contribution in [1.29, 1.82) is 0 Å². The zero-order valence-corrected chi connectivity index (χ0v) is 30.3. The molecule has 0 fully saturated rings. The summed E-state index contributed by atoms with van der Waals surface area (Å²) < 4.78 is 0. The first-order valence-corrected chi connectivity index (χ1v) is 18.7. The predicted octanol–water partition coefficient (Wildman–Crippen LogP) is 12.6. The number of hydrogen-bond donors (Lipinski definition) is 0. The summed E-state index contributed by atoms with van der Waals surface area (Å²) in [6, 6.07) is 65.0. The molecule has 0 N–H and O–H groups in total. The van der Waals surface area contributed by atoms with Gasteiger partial charge in [-0.25, -0.2) is 19.9 Å². The van der Waals surface area contributed by atoms with E-state index >= 15 is 0 Å². The lowest BCUT2D eigenvalue weighted by molar-refractivity contribution is 1.18. The molecule has 4 aromatic heterocycles. The number of benzene rings is 6. The zero-order chi connectivity index (χ0) is 37.3. The number of fused-ring (bicyclic) bond motifs is 3. The highest BCUT2D eigenvalue weighted by molar-refractivity contribution is 6.11. The van der Waals surface area contributed by atoms with Crippen molar-refractivity contribution in [1.82, 2.24) is 24.9 Å². The molecule has 10 rings (SSSR count). The Bertz CT molecular complexity index is 2910. The van der Waals surface area contributed by atoms with Crippen LogP contribution in [0, 0.1) is 0 Å². The number of rotatable bonds is 7. The van der Waals surface area contributed by atoms with E-state index < -0.39 is 0 Å². The van der Waals surface area contributed by atoms with E-state index in [0.29, 0.717) is 5.82 Å². The van der Waals surface area contributed by atoms with Crippen LogP contribution in [-0.2, 0) is 0 Å². The van der Waals surface area contributed by atoms with Gasteiger partial charge in [0.1, 0.15) is 0 Å².